The largest absolute Gasteiger partial charge is 0.477 e. The molecular weight excluding hydrogens is 226 g/mol. The van der Waals surface area contributed by atoms with Crippen molar-refractivity contribution in [3.8, 4) is 11.1 Å². The molecule has 2 aromatic rings. The van der Waals surface area contributed by atoms with Gasteiger partial charge in [-0.25, -0.2) is 9.78 Å². The summed E-state index contributed by atoms with van der Waals surface area (Å²) in [5.41, 5.74) is 3.97. The van der Waals surface area contributed by atoms with Crippen LogP contribution in [-0.4, -0.2) is 16.1 Å². The number of aromatic carboxylic acids is 1. The van der Waals surface area contributed by atoms with Gasteiger partial charge in [-0.1, -0.05) is 31.2 Å². The average molecular weight is 241 g/mol. The molecule has 0 saturated carbocycles. The maximum absolute atomic E-state index is 11.0. The zero-order chi connectivity index (χ0) is 13.1. The molecule has 0 atom stereocenters. The molecule has 1 N–H and O–H groups in total. The van der Waals surface area contributed by atoms with E-state index in [2.05, 4.69) is 24.0 Å². The Morgan fingerprint density at radius 1 is 1.17 bits per heavy atom. The van der Waals surface area contributed by atoms with Gasteiger partial charge in [0, 0.05) is 5.69 Å². The molecule has 1 aromatic carbocycles. The van der Waals surface area contributed by atoms with Gasteiger partial charge >= 0.3 is 5.97 Å². The van der Waals surface area contributed by atoms with Crippen molar-refractivity contribution in [3.63, 3.8) is 0 Å². The van der Waals surface area contributed by atoms with Crippen LogP contribution in [0.2, 0.25) is 0 Å². The van der Waals surface area contributed by atoms with Gasteiger partial charge in [0.05, 0.1) is 0 Å². The summed E-state index contributed by atoms with van der Waals surface area (Å²) in [6.07, 6.45) is 0.996. The Hall–Kier alpha value is -2.16. The van der Waals surface area contributed by atoms with Crippen molar-refractivity contribution in [1.82, 2.24) is 4.98 Å². The molecule has 0 fully saturated rings. The molecule has 18 heavy (non-hydrogen) atoms. The first-order chi connectivity index (χ1) is 8.60. The minimum absolute atomic E-state index is 0.0876. The first-order valence-electron chi connectivity index (χ1n) is 5.91. The topological polar surface area (TPSA) is 50.2 Å². The zero-order valence-electron chi connectivity index (χ0n) is 10.5. The fourth-order valence-corrected chi connectivity index (χ4v) is 1.88. The first-order valence-corrected chi connectivity index (χ1v) is 5.91. The van der Waals surface area contributed by atoms with Crippen molar-refractivity contribution in [2.75, 3.05) is 0 Å². The number of rotatable bonds is 3. The van der Waals surface area contributed by atoms with Gasteiger partial charge in [0.2, 0.25) is 0 Å². The Labute approximate surface area is 106 Å². The summed E-state index contributed by atoms with van der Waals surface area (Å²) >= 11 is 0. The second-order valence-corrected chi connectivity index (χ2v) is 4.24. The number of carboxylic acids is 1. The van der Waals surface area contributed by atoms with Crippen molar-refractivity contribution in [3.05, 3.63) is 53.3 Å². The van der Waals surface area contributed by atoms with Crippen molar-refractivity contribution < 1.29 is 9.90 Å². The fourth-order valence-electron chi connectivity index (χ4n) is 1.88. The molecule has 0 amide bonds. The third kappa shape index (κ3) is 2.56. The van der Waals surface area contributed by atoms with Crippen molar-refractivity contribution in [1.29, 1.82) is 0 Å². The van der Waals surface area contributed by atoms with E-state index >= 15 is 0 Å². The third-order valence-corrected chi connectivity index (χ3v) is 2.87. The Balaban J connectivity index is 2.46. The molecule has 1 heterocycles. The molecule has 0 unspecified atom stereocenters. The second-order valence-electron chi connectivity index (χ2n) is 4.24. The number of aromatic nitrogens is 1. The summed E-state index contributed by atoms with van der Waals surface area (Å²) < 4.78 is 0. The highest BCUT2D eigenvalue weighted by Crippen LogP contribution is 2.21. The van der Waals surface area contributed by atoms with Crippen LogP contribution < -0.4 is 0 Å². The minimum Gasteiger partial charge on any atom is -0.477 e. The van der Waals surface area contributed by atoms with Crippen LogP contribution in [0.25, 0.3) is 11.1 Å². The van der Waals surface area contributed by atoms with Crippen LogP contribution in [0.1, 0.15) is 28.7 Å². The van der Waals surface area contributed by atoms with Gasteiger partial charge in [-0.15, -0.1) is 0 Å². The molecule has 92 valence electrons. The number of benzene rings is 1. The van der Waals surface area contributed by atoms with Crippen LogP contribution in [0.3, 0.4) is 0 Å². The van der Waals surface area contributed by atoms with Gasteiger partial charge in [-0.2, -0.15) is 0 Å². The van der Waals surface area contributed by atoms with Crippen LogP contribution >= 0.6 is 0 Å². The number of carbonyl (C=O) groups is 1. The maximum Gasteiger partial charge on any atom is 0.354 e. The van der Waals surface area contributed by atoms with E-state index in [0.717, 1.165) is 17.5 Å². The van der Waals surface area contributed by atoms with E-state index in [4.69, 9.17) is 5.11 Å². The lowest BCUT2D eigenvalue weighted by molar-refractivity contribution is 0.0690. The average Bonchev–Trinajstić information content (AvgIpc) is 2.38. The monoisotopic (exact) mass is 241 g/mol. The lowest BCUT2D eigenvalue weighted by atomic mass is 10.0. The summed E-state index contributed by atoms with van der Waals surface area (Å²) in [7, 11) is 0. The van der Waals surface area contributed by atoms with Crippen LogP contribution in [-0.2, 0) is 6.42 Å². The van der Waals surface area contributed by atoms with E-state index in [9.17, 15) is 4.79 Å². The van der Waals surface area contributed by atoms with Gasteiger partial charge in [0.25, 0.3) is 0 Å². The Morgan fingerprint density at radius 2 is 1.83 bits per heavy atom. The lowest BCUT2D eigenvalue weighted by Crippen LogP contribution is -2.01. The highest BCUT2D eigenvalue weighted by atomic mass is 16.4. The smallest absolute Gasteiger partial charge is 0.354 e. The Bertz CT molecular complexity index is 574. The molecule has 0 bridgehead atoms. The molecule has 0 radical (unpaired) electrons. The van der Waals surface area contributed by atoms with E-state index < -0.39 is 5.97 Å². The number of hydrogen-bond donors (Lipinski definition) is 1. The molecule has 3 nitrogen and oxygen atoms in total. The molecule has 2 rings (SSSR count). The van der Waals surface area contributed by atoms with Crippen molar-refractivity contribution in [2.45, 2.75) is 20.3 Å². The van der Waals surface area contributed by atoms with Gasteiger partial charge in [0.15, 0.2) is 0 Å². The molecule has 0 saturated heterocycles. The minimum atomic E-state index is -0.995. The van der Waals surface area contributed by atoms with Crippen LogP contribution in [0, 0.1) is 6.92 Å². The lowest BCUT2D eigenvalue weighted by Gasteiger charge is -2.05. The predicted octanol–water partition coefficient (Wildman–Crippen LogP) is 3.32. The molecule has 0 aliphatic heterocycles. The Kier molecular flexibility index (Phi) is 3.42. The number of nitrogens with zero attached hydrogens (tertiary/aromatic N) is 1. The zero-order valence-corrected chi connectivity index (χ0v) is 10.5. The summed E-state index contributed by atoms with van der Waals surface area (Å²) in [6, 6.07) is 11.7. The van der Waals surface area contributed by atoms with Gasteiger partial charge in [0.1, 0.15) is 5.69 Å². The molecule has 0 aliphatic carbocycles. The SMILES string of the molecule is CCc1ccc(-c2cc(C)nc(C(=O)O)c2)cc1. The predicted molar refractivity (Wildman–Crippen MR) is 70.7 cm³/mol. The fraction of sp³-hybridized carbons (Fsp3) is 0.200. The van der Waals surface area contributed by atoms with Gasteiger partial charge < -0.3 is 5.11 Å². The second kappa shape index (κ2) is 5.00. The summed E-state index contributed by atoms with van der Waals surface area (Å²) in [6.45, 7) is 3.91. The summed E-state index contributed by atoms with van der Waals surface area (Å²) in [4.78, 5) is 15.0. The van der Waals surface area contributed by atoms with E-state index in [0.29, 0.717) is 5.69 Å². The van der Waals surface area contributed by atoms with E-state index in [1.54, 1.807) is 13.0 Å². The van der Waals surface area contributed by atoms with Gasteiger partial charge in [-0.3, -0.25) is 0 Å². The quantitative estimate of drug-likeness (QED) is 0.896. The highest BCUT2D eigenvalue weighted by molar-refractivity contribution is 5.87. The maximum atomic E-state index is 11.0. The van der Waals surface area contributed by atoms with E-state index in [-0.39, 0.29) is 5.69 Å². The van der Waals surface area contributed by atoms with E-state index in [1.807, 2.05) is 18.2 Å². The number of carboxylic acid groups (broad SMARTS) is 1. The molecule has 3 heteroatoms. The van der Waals surface area contributed by atoms with Crippen molar-refractivity contribution >= 4 is 5.97 Å². The molecule has 0 aliphatic rings. The van der Waals surface area contributed by atoms with E-state index in [1.165, 1.54) is 5.56 Å². The molecule has 1 aromatic heterocycles. The Morgan fingerprint density at radius 3 is 2.39 bits per heavy atom. The summed E-state index contributed by atoms with van der Waals surface area (Å²) in [5.74, 6) is -0.995. The first kappa shape index (κ1) is 12.3. The third-order valence-electron chi connectivity index (χ3n) is 2.87. The number of aryl methyl sites for hydroxylation is 2. The molecular formula is C15H15NO2. The van der Waals surface area contributed by atoms with Gasteiger partial charge in [-0.05, 0) is 42.2 Å². The normalized spacial score (nSPS) is 10.3. The number of pyridine rings is 1. The van der Waals surface area contributed by atoms with Crippen LogP contribution in [0.4, 0.5) is 0 Å². The van der Waals surface area contributed by atoms with Crippen molar-refractivity contribution in [2.24, 2.45) is 0 Å². The standard InChI is InChI=1S/C15H15NO2/c1-3-11-4-6-12(7-5-11)13-8-10(2)16-14(9-13)15(17)18/h4-9H,3H2,1-2H3,(H,17,18). The summed E-state index contributed by atoms with van der Waals surface area (Å²) in [5, 5.41) is 9.00. The van der Waals surface area contributed by atoms with Crippen LogP contribution in [0.15, 0.2) is 36.4 Å². The number of hydrogen-bond acceptors (Lipinski definition) is 2. The highest BCUT2D eigenvalue weighted by Gasteiger charge is 2.08. The molecule has 0 spiro atoms. The van der Waals surface area contributed by atoms with Crippen LogP contribution in [0.5, 0.6) is 0 Å².